The highest BCUT2D eigenvalue weighted by Gasteiger charge is 2.48. The fourth-order valence-corrected chi connectivity index (χ4v) is 2.28. The topological polar surface area (TPSA) is 52.9 Å². The molecule has 1 aliphatic carbocycles. The first kappa shape index (κ1) is 14.8. The quantitative estimate of drug-likeness (QED) is 0.774. The zero-order chi connectivity index (χ0) is 13.8. The van der Waals surface area contributed by atoms with Crippen LogP contribution in [0.2, 0.25) is 0 Å². The van der Waals surface area contributed by atoms with E-state index >= 15 is 0 Å². The molecule has 0 unspecified atom stereocenters. The lowest BCUT2D eigenvalue weighted by atomic mass is 9.63. The Bertz CT molecular complexity index is 340. The molecule has 1 rings (SSSR count). The summed E-state index contributed by atoms with van der Waals surface area (Å²) in [6.07, 6.45) is -3.61. The van der Waals surface area contributed by atoms with E-state index in [0.29, 0.717) is 18.8 Å². The Morgan fingerprint density at radius 1 is 1.44 bits per heavy atom. The number of unbranched alkanes of at least 4 members (excludes halogenated alkanes) is 1. The van der Waals surface area contributed by atoms with Gasteiger partial charge in [-0.15, -0.1) is 0 Å². The van der Waals surface area contributed by atoms with Crippen LogP contribution in [0.1, 0.15) is 39.0 Å². The zero-order valence-corrected chi connectivity index (χ0v) is 10.3. The molecule has 0 atom stereocenters. The van der Waals surface area contributed by atoms with Gasteiger partial charge in [-0.2, -0.15) is 18.4 Å². The van der Waals surface area contributed by atoms with E-state index < -0.39 is 18.0 Å². The highest BCUT2D eigenvalue weighted by atomic mass is 19.4. The van der Waals surface area contributed by atoms with Crippen molar-refractivity contribution in [3.63, 3.8) is 0 Å². The van der Waals surface area contributed by atoms with Gasteiger partial charge in [-0.25, -0.2) is 0 Å². The van der Waals surface area contributed by atoms with E-state index in [1.807, 2.05) is 13.0 Å². The smallest absolute Gasteiger partial charge is 0.355 e. The Balaban J connectivity index is 2.20. The lowest BCUT2D eigenvalue weighted by molar-refractivity contribution is -0.135. The third kappa shape index (κ3) is 3.90. The van der Waals surface area contributed by atoms with Crippen molar-refractivity contribution in [1.29, 1.82) is 5.26 Å². The molecule has 1 aliphatic rings. The first-order chi connectivity index (χ1) is 8.29. The van der Waals surface area contributed by atoms with Crippen LogP contribution in [0.5, 0.6) is 0 Å². The Morgan fingerprint density at radius 3 is 2.50 bits per heavy atom. The Hall–Kier alpha value is -1.25. The van der Waals surface area contributed by atoms with Gasteiger partial charge in [0.05, 0.1) is 6.07 Å². The van der Waals surface area contributed by atoms with Gasteiger partial charge in [-0.3, -0.25) is 4.79 Å². The van der Waals surface area contributed by atoms with Crippen LogP contribution in [0, 0.1) is 22.7 Å². The molecule has 0 bridgehead atoms. The Morgan fingerprint density at radius 2 is 2.06 bits per heavy atom. The van der Waals surface area contributed by atoms with Crippen LogP contribution in [-0.4, -0.2) is 18.6 Å². The van der Waals surface area contributed by atoms with E-state index in [4.69, 9.17) is 5.26 Å². The first-order valence-corrected chi connectivity index (χ1v) is 6.05. The molecule has 0 heterocycles. The van der Waals surface area contributed by atoms with Gasteiger partial charge in [0.15, 0.2) is 0 Å². The van der Waals surface area contributed by atoms with Gasteiger partial charge in [0.25, 0.3) is 0 Å². The maximum atomic E-state index is 11.9. The summed E-state index contributed by atoms with van der Waals surface area (Å²) in [5.41, 5.74) is -0.941. The molecule has 0 radical (unpaired) electrons. The van der Waals surface area contributed by atoms with Crippen molar-refractivity contribution in [2.45, 2.75) is 45.2 Å². The summed E-state index contributed by atoms with van der Waals surface area (Å²) in [6.45, 7) is 2.17. The summed E-state index contributed by atoms with van der Waals surface area (Å²) in [5.74, 6) is 0.0238. The van der Waals surface area contributed by atoms with Crippen LogP contribution < -0.4 is 5.32 Å². The molecule has 0 aromatic rings. The molecular weight excluding hydrogens is 245 g/mol. The number of hydrogen-bond donors (Lipinski definition) is 1. The predicted molar refractivity (Wildman–Crippen MR) is 59.4 cm³/mol. The molecule has 1 amide bonds. The van der Waals surface area contributed by atoms with E-state index in [2.05, 4.69) is 5.32 Å². The van der Waals surface area contributed by atoms with Crippen LogP contribution in [0.25, 0.3) is 0 Å². The van der Waals surface area contributed by atoms with Crippen LogP contribution >= 0.6 is 0 Å². The summed E-state index contributed by atoms with van der Waals surface area (Å²) in [5, 5.41) is 11.5. The molecule has 1 fully saturated rings. The van der Waals surface area contributed by atoms with Crippen LogP contribution in [0.3, 0.4) is 0 Å². The summed E-state index contributed by atoms with van der Waals surface area (Å²) in [6, 6.07) is 2.02. The number of nitrogens with one attached hydrogen (secondary N) is 1. The first-order valence-electron chi connectivity index (χ1n) is 6.05. The number of carbonyl (C=O) groups is 1. The van der Waals surface area contributed by atoms with E-state index in [1.54, 1.807) is 0 Å². The average Bonchev–Trinajstić information content (AvgIpc) is 2.22. The summed E-state index contributed by atoms with van der Waals surface area (Å²) >= 11 is 0. The molecule has 0 aromatic carbocycles. The van der Waals surface area contributed by atoms with E-state index in [-0.39, 0.29) is 25.3 Å². The molecule has 0 aromatic heterocycles. The van der Waals surface area contributed by atoms with Crippen molar-refractivity contribution in [2.24, 2.45) is 11.3 Å². The molecule has 0 aliphatic heterocycles. The lowest BCUT2D eigenvalue weighted by Crippen LogP contribution is -2.48. The van der Waals surface area contributed by atoms with Crippen LogP contribution in [0.15, 0.2) is 0 Å². The fourth-order valence-electron chi connectivity index (χ4n) is 2.28. The Kier molecular flexibility index (Phi) is 4.60. The normalized spacial score (nSPS) is 27.2. The zero-order valence-electron chi connectivity index (χ0n) is 10.3. The van der Waals surface area contributed by atoms with Crippen molar-refractivity contribution in [3.8, 4) is 6.07 Å². The van der Waals surface area contributed by atoms with Crippen LogP contribution in [0.4, 0.5) is 13.2 Å². The summed E-state index contributed by atoms with van der Waals surface area (Å²) < 4.78 is 35.6. The highest BCUT2D eigenvalue weighted by molar-refractivity contribution is 5.86. The number of carbonyl (C=O) groups excluding carboxylic acids is 1. The maximum absolute atomic E-state index is 11.9. The number of alkyl halides is 3. The monoisotopic (exact) mass is 262 g/mol. The Labute approximate surface area is 104 Å². The molecule has 0 saturated heterocycles. The van der Waals surface area contributed by atoms with E-state index in [0.717, 1.165) is 0 Å². The van der Waals surface area contributed by atoms with Gasteiger partial charge in [-0.05, 0) is 31.6 Å². The van der Waals surface area contributed by atoms with Crippen LogP contribution in [-0.2, 0) is 4.79 Å². The predicted octanol–water partition coefficient (Wildman–Crippen LogP) is 2.78. The highest BCUT2D eigenvalue weighted by Crippen LogP contribution is 2.44. The number of nitrogens with zero attached hydrogens (tertiary/aromatic N) is 1. The lowest BCUT2D eigenvalue weighted by Gasteiger charge is -2.39. The third-order valence-electron chi connectivity index (χ3n) is 3.22. The minimum atomic E-state index is -4.14. The van der Waals surface area contributed by atoms with Gasteiger partial charge in [0.1, 0.15) is 5.41 Å². The summed E-state index contributed by atoms with van der Waals surface area (Å²) in [4.78, 5) is 11.7. The average molecular weight is 262 g/mol. The van der Waals surface area contributed by atoms with Crippen molar-refractivity contribution >= 4 is 5.91 Å². The molecule has 0 spiro atoms. The van der Waals surface area contributed by atoms with Gasteiger partial charge in [0.2, 0.25) is 5.91 Å². The van der Waals surface area contributed by atoms with E-state index in [1.165, 1.54) is 0 Å². The van der Waals surface area contributed by atoms with Crippen molar-refractivity contribution in [2.75, 3.05) is 6.54 Å². The maximum Gasteiger partial charge on any atom is 0.389 e. The second-order valence-corrected chi connectivity index (χ2v) is 5.04. The van der Waals surface area contributed by atoms with Crippen molar-refractivity contribution in [3.05, 3.63) is 0 Å². The van der Waals surface area contributed by atoms with Crippen molar-refractivity contribution < 1.29 is 18.0 Å². The van der Waals surface area contributed by atoms with Crippen molar-refractivity contribution in [1.82, 2.24) is 5.32 Å². The summed E-state index contributed by atoms with van der Waals surface area (Å²) in [7, 11) is 0. The number of rotatable bonds is 5. The van der Waals surface area contributed by atoms with Gasteiger partial charge < -0.3 is 5.32 Å². The molecule has 18 heavy (non-hydrogen) atoms. The number of amides is 1. The largest absolute Gasteiger partial charge is 0.389 e. The van der Waals surface area contributed by atoms with Gasteiger partial charge >= 0.3 is 6.18 Å². The molecular formula is C12H17F3N2O. The molecule has 3 nitrogen and oxygen atoms in total. The standard InChI is InChI=1S/C12H17F3N2O/c1-9-6-11(7-9,8-16)10(18)17-5-3-2-4-12(13,14)15/h9H,2-7H2,1H3,(H,17,18). The SMILES string of the molecule is CC1CC(C#N)(C(=O)NCCCCC(F)(F)F)C1. The molecule has 1 N–H and O–H groups in total. The number of nitriles is 1. The second kappa shape index (κ2) is 5.59. The minimum absolute atomic E-state index is 0.000262. The van der Waals surface area contributed by atoms with Gasteiger partial charge in [0, 0.05) is 13.0 Å². The van der Waals surface area contributed by atoms with E-state index in [9.17, 15) is 18.0 Å². The molecule has 6 heteroatoms. The fraction of sp³-hybridized carbons (Fsp3) is 0.833. The number of halogens is 3. The number of hydrogen-bond acceptors (Lipinski definition) is 2. The molecule has 1 saturated carbocycles. The van der Waals surface area contributed by atoms with Gasteiger partial charge in [-0.1, -0.05) is 6.92 Å². The molecule has 102 valence electrons. The second-order valence-electron chi connectivity index (χ2n) is 5.04. The minimum Gasteiger partial charge on any atom is -0.355 e. The third-order valence-corrected chi connectivity index (χ3v) is 3.22.